The number of benzene rings is 2. The summed E-state index contributed by atoms with van der Waals surface area (Å²) in [5, 5.41) is 3.02. The van der Waals surface area contributed by atoms with E-state index in [1.54, 1.807) is 44.0 Å². The Balaban J connectivity index is 1.99. The van der Waals surface area contributed by atoms with Gasteiger partial charge in [-0.2, -0.15) is 4.31 Å². The number of sulfonamides is 1. The lowest BCUT2D eigenvalue weighted by molar-refractivity contribution is -0.117. The van der Waals surface area contributed by atoms with Crippen LogP contribution in [0, 0.1) is 5.82 Å². The number of carbonyl (C=O) groups is 1. The van der Waals surface area contributed by atoms with E-state index in [0.29, 0.717) is 29.4 Å². The Bertz CT molecular complexity index is 928. The summed E-state index contributed by atoms with van der Waals surface area (Å²) in [5.74, 6) is -0.728. The number of nitrogens with zero attached hydrogens (tertiary/aromatic N) is 2. The fourth-order valence-electron chi connectivity index (χ4n) is 2.88. The highest BCUT2D eigenvalue weighted by atomic mass is 35.5. The van der Waals surface area contributed by atoms with Crippen LogP contribution in [-0.4, -0.2) is 50.2 Å². The number of likely N-dealkylation sites (N-methyl/N-ethyl adjacent to an activating group) is 1. The second kappa shape index (κ2) is 10.2. The number of halogens is 2. The molecule has 2 aromatic rings. The minimum atomic E-state index is -3.54. The van der Waals surface area contributed by atoms with Crippen molar-refractivity contribution in [3.05, 3.63) is 58.9 Å². The quantitative estimate of drug-likeness (QED) is 0.645. The molecule has 158 valence electrons. The van der Waals surface area contributed by atoms with Crippen molar-refractivity contribution in [3.8, 4) is 0 Å². The first-order valence-corrected chi connectivity index (χ1v) is 11.0. The largest absolute Gasteiger partial charge is 0.325 e. The highest BCUT2D eigenvalue weighted by Gasteiger charge is 2.21. The molecule has 0 atom stereocenters. The third kappa shape index (κ3) is 5.99. The maximum atomic E-state index is 13.9. The molecule has 0 bridgehead atoms. The zero-order valence-corrected chi connectivity index (χ0v) is 18.2. The maximum absolute atomic E-state index is 13.9. The van der Waals surface area contributed by atoms with Crippen LogP contribution in [0.5, 0.6) is 0 Å². The molecule has 2 aromatic carbocycles. The molecule has 1 amide bonds. The minimum absolute atomic E-state index is 0.0180. The fourth-order valence-corrected chi connectivity index (χ4v) is 4.56. The molecular formula is C20H25ClFN3O3S. The van der Waals surface area contributed by atoms with Crippen molar-refractivity contribution >= 4 is 33.2 Å². The van der Waals surface area contributed by atoms with Crippen LogP contribution in [-0.2, 0) is 21.4 Å². The van der Waals surface area contributed by atoms with E-state index >= 15 is 0 Å². The first-order valence-electron chi connectivity index (χ1n) is 9.20. The van der Waals surface area contributed by atoms with Gasteiger partial charge in [0, 0.05) is 35.9 Å². The number of amides is 1. The van der Waals surface area contributed by atoms with Crippen LogP contribution in [0.25, 0.3) is 0 Å². The Hall–Kier alpha value is -2.00. The highest BCUT2D eigenvalue weighted by molar-refractivity contribution is 7.89. The molecule has 0 unspecified atom stereocenters. The van der Waals surface area contributed by atoms with Crippen molar-refractivity contribution < 1.29 is 17.6 Å². The van der Waals surface area contributed by atoms with E-state index in [4.69, 9.17) is 11.6 Å². The van der Waals surface area contributed by atoms with Crippen LogP contribution in [0.1, 0.15) is 19.4 Å². The van der Waals surface area contributed by atoms with Crippen LogP contribution < -0.4 is 5.32 Å². The fraction of sp³-hybridized carbons (Fsp3) is 0.350. The summed E-state index contributed by atoms with van der Waals surface area (Å²) in [5.41, 5.74) is 0.807. The van der Waals surface area contributed by atoms with Gasteiger partial charge >= 0.3 is 0 Å². The monoisotopic (exact) mass is 441 g/mol. The molecule has 6 nitrogen and oxygen atoms in total. The maximum Gasteiger partial charge on any atom is 0.243 e. The molecule has 0 aliphatic rings. The summed E-state index contributed by atoms with van der Waals surface area (Å²) in [6, 6.07) is 10.5. The summed E-state index contributed by atoms with van der Waals surface area (Å²) in [4.78, 5) is 14.1. The van der Waals surface area contributed by atoms with E-state index in [0.717, 1.165) is 0 Å². The first-order chi connectivity index (χ1) is 13.7. The molecule has 0 spiro atoms. The van der Waals surface area contributed by atoms with E-state index in [1.165, 1.54) is 28.6 Å². The molecule has 0 saturated carbocycles. The van der Waals surface area contributed by atoms with Crippen LogP contribution >= 0.6 is 11.6 Å². The van der Waals surface area contributed by atoms with Crippen LogP contribution in [0.4, 0.5) is 10.1 Å². The number of hydrogen-bond donors (Lipinski definition) is 1. The molecule has 0 saturated heterocycles. The number of anilines is 1. The third-order valence-electron chi connectivity index (χ3n) is 4.38. The van der Waals surface area contributed by atoms with Crippen molar-refractivity contribution in [2.24, 2.45) is 0 Å². The van der Waals surface area contributed by atoms with Gasteiger partial charge in [-0.25, -0.2) is 12.8 Å². The number of rotatable bonds is 9. The van der Waals surface area contributed by atoms with Gasteiger partial charge in [0.05, 0.1) is 11.4 Å². The summed E-state index contributed by atoms with van der Waals surface area (Å²) in [7, 11) is -1.86. The molecule has 0 aliphatic heterocycles. The van der Waals surface area contributed by atoms with Gasteiger partial charge in [0.15, 0.2) is 0 Å². The second-order valence-electron chi connectivity index (χ2n) is 6.53. The van der Waals surface area contributed by atoms with Gasteiger partial charge in [0.25, 0.3) is 0 Å². The highest BCUT2D eigenvalue weighted by Crippen LogP contribution is 2.21. The summed E-state index contributed by atoms with van der Waals surface area (Å²) < 4.78 is 40.2. The first kappa shape index (κ1) is 23.3. The Kier molecular flexibility index (Phi) is 8.15. The zero-order chi connectivity index (χ0) is 21.6. The molecule has 29 heavy (non-hydrogen) atoms. The SMILES string of the molecule is CCN(CC)S(=O)(=O)c1ccc(NC(=O)CN(C)Cc2c(F)cccc2Cl)cc1. The molecule has 0 aromatic heterocycles. The van der Waals surface area contributed by atoms with Gasteiger partial charge < -0.3 is 5.32 Å². The van der Waals surface area contributed by atoms with Crippen molar-refractivity contribution in [1.82, 2.24) is 9.21 Å². The van der Waals surface area contributed by atoms with Gasteiger partial charge in [-0.05, 0) is 43.4 Å². The van der Waals surface area contributed by atoms with E-state index in [-0.39, 0.29) is 23.9 Å². The molecule has 1 N–H and O–H groups in total. The van der Waals surface area contributed by atoms with E-state index < -0.39 is 15.8 Å². The minimum Gasteiger partial charge on any atom is -0.325 e. The average Bonchev–Trinajstić information content (AvgIpc) is 2.66. The lowest BCUT2D eigenvalue weighted by Gasteiger charge is -2.19. The molecule has 0 fully saturated rings. The smallest absolute Gasteiger partial charge is 0.243 e. The third-order valence-corrected chi connectivity index (χ3v) is 6.80. The van der Waals surface area contributed by atoms with Gasteiger partial charge in [0.1, 0.15) is 5.82 Å². The van der Waals surface area contributed by atoms with Crippen LogP contribution in [0.2, 0.25) is 5.02 Å². The molecule has 0 radical (unpaired) electrons. The number of nitrogens with one attached hydrogen (secondary N) is 1. The standard InChI is InChI=1S/C20H25ClFN3O3S/c1-4-25(5-2)29(27,28)16-11-9-15(10-12-16)23-20(26)14-24(3)13-17-18(21)7-6-8-19(17)22/h6-12H,4-5,13-14H2,1-3H3,(H,23,26). The Morgan fingerprint density at radius 3 is 2.28 bits per heavy atom. The van der Waals surface area contributed by atoms with Gasteiger partial charge in [-0.15, -0.1) is 0 Å². The van der Waals surface area contributed by atoms with Crippen LogP contribution in [0.15, 0.2) is 47.4 Å². The lowest BCUT2D eigenvalue weighted by atomic mass is 10.2. The van der Waals surface area contributed by atoms with Crippen molar-refractivity contribution in [2.45, 2.75) is 25.3 Å². The zero-order valence-electron chi connectivity index (χ0n) is 16.7. The summed E-state index contributed by atoms with van der Waals surface area (Å²) in [6.45, 7) is 4.52. The van der Waals surface area contributed by atoms with Crippen molar-refractivity contribution in [3.63, 3.8) is 0 Å². The molecular weight excluding hydrogens is 417 g/mol. The van der Waals surface area contributed by atoms with Gasteiger partial charge in [-0.3, -0.25) is 9.69 Å². The Morgan fingerprint density at radius 1 is 1.10 bits per heavy atom. The van der Waals surface area contributed by atoms with Gasteiger partial charge in [0.2, 0.25) is 15.9 Å². The van der Waals surface area contributed by atoms with E-state index in [2.05, 4.69) is 5.32 Å². The topological polar surface area (TPSA) is 69.7 Å². The predicted molar refractivity (Wildman–Crippen MR) is 113 cm³/mol. The van der Waals surface area contributed by atoms with Gasteiger partial charge in [-0.1, -0.05) is 31.5 Å². The van der Waals surface area contributed by atoms with Crippen LogP contribution in [0.3, 0.4) is 0 Å². The van der Waals surface area contributed by atoms with E-state index in [9.17, 15) is 17.6 Å². The summed E-state index contributed by atoms with van der Waals surface area (Å²) >= 11 is 6.01. The molecule has 2 rings (SSSR count). The molecule has 0 aliphatic carbocycles. The predicted octanol–water partition coefficient (Wildman–Crippen LogP) is 3.58. The molecule has 0 heterocycles. The van der Waals surface area contributed by atoms with E-state index in [1.807, 2.05) is 0 Å². The average molecular weight is 442 g/mol. The second-order valence-corrected chi connectivity index (χ2v) is 8.88. The van der Waals surface area contributed by atoms with Crippen molar-refractivity contribution in [1.29, 1.82) is 0 Å². The number of carbonyl (C=O) groups excluding carboxylic acids is 1. The van der Waals surface area contributed by atoms with Crippen molar-refractivity contribution in [2.75, 3.05) is 32.0 Å². The lowest BCUT2D eigenvalue weighted by Crippen LogP contribution is -2.31. The summed E-state index contributed by atoms with van der Waals surface area (Å²) in [6.07, 6.45) is 0. The Morgan fingerprint density at radius 2 is 1.72 bits per heavy atom. The molecule has 9 heteroatoms. The normalized spacial score (nSPS) is 11.8. The Labute approximate surface area is 176 Å². The number of hydrogen-bond acceptors (Lipinski definition) is 4.